The molecule has 3 rings (SSSR count). The van der Waals surface area contributed by atoms with Crippen LogP contribution in [0.25, 0.3) is 0 Å². The van der Waals surface area contributed by atoms with Gasteiger partial charge in [0, 0.05) is 17.5 Å². The van der Waals surface area contributed by atoms with Crippen LogP contribution in [-0.4, -0.2) is 37.5 Å². The lowest BCUT2D eigenvalue weighted by atomic mass is 9.93. The van der Waals surface area contributed by atoms with E-state index in [-0.39, 0.29) is 18.1 Å². The molecule has 1 aliphatic rings. The Morgan fingerprint density at radius 3 is 2.53 bits per heavy atom. The predicted molar refractivity (Wildman–Crippen MR) is 106 cm³/mol. The van der Waals surface area contributed by atoms with Crippen molar-refractivity contribution < 1.29 is 33.0 Å². The fourth-order valence-electron chi connectivity index (χ4n) is 3.18. The van der Waals surface area contributed by atoms with Crippen LogP contribution in [0.4, 0.5) is 4.79 Å². The van der Waals surface area contributed by atoms with Crippen LogP contribution in [0.15, 0.2) is 33.8 Å². The summed E-state index contributed by atoms with van der Waals surface area (Å²) in [5.41, 5.74) is 4.60. The molecule has 1 aliphatic carbocycles. The highest BCUT2D eigenvalue weighted by Gasteiger charge is 2.29. The van der Waals surface area contributed by atoms with E-state index in [4.69, 9.17) is 13.9 Å². The van der Waals surface area contributed by atoms with Gasteiger partial charge in [0.15, 0.2) is 0 Å². The molecule has 0 saturated carbocycles. The number of nitrogens with one attached hydrogen (secondary N) is 1. The van der Waals surface area contributed by atoms with Gasteiger partial charge in [-0.2, -0.15) is 5.10 Å². The van der Waals surface area contributed by atoms with Crippen LogP contribution < -0.4 is 10.2 Å². The molecule has 1 N–H and O–H groups in total. The molecule has 9 nitrogen and oxygen atoms in total. The minimum absolute atomic E-state index is 0.0720. The second kappa shape index (κ2) is 9.25. The highest BCUT2D eigenvalue weighted by Crippen LogP contribution is 2.30. The molecular formula is C21H22N2O7. The molecule has 0 radical (unpaired) electrons. The molecule has 0 unspecified atom stereocenters. The second-order valence-corrected chi connectivity index (χ2v) is 6.50. The molecule has 0 bridgehead atoms. The van der Waals surface area contributed by atoms with Gasteiger partial charge in [0.05, 0.1) is 25.0 Å². The predicted octanol–water partition coefficient (Wildman–Crippen LogP) is 3.38. The molecular weight excluding hydrogens is 392 g/mol. The monoisotopic (exact) mass is 414 g/mol. The number of hydrazone groups is 1. The molecule has 0 fully saturated rings. The molecule has 1 amide bonds. The molecule has 1 aromatic carbocycles. The maximum Gasteiger partial charge on any atom is 0.427 e. The Morgan fingerprint density at radius 2 is 1.87 bits per heavy atom. The number of hydrogen-bond acceptors (Lipinski definition) is 8. The van der Waals surface area contributed by atoms with Gasteiger partial charge in [0.1, 0.15) is 11.5 Å². The third kappa shape index (κ3) is 4.51. The molecule has 0 spiro atoms. The Morgan fingerprint density at radius 1 is 1.13 bits per heavy atom. The van der Waals surface area contributed by atoms with Crippen LogP contribution in [0.5, 0.6) is 5.75 Å². The van der Waals surface area contributed by atoms with E-state index in [2.05, 4.69) is 15.3 Å². The number of furan rings is 1. The molecule has 1 aromatic heterocycles. The molecule has 1 heterocycles. The molecule has 0 aliphatic heterocycles. The van der Waals surface area contributed by atoms with Crippen LogP contribution in [0.3, 0.4) is 0 Å². The minimum Gasteiger partial charge on any atom is -0.465 e. The Labute approximate surface area is 173 Å². The van der Waals surface area contributed by atoms with Crippen molar-refractivity contribution in [1.29, 1.82) is 0 Å². The minimum atomic E-state index is -0.662. The first-order valence-electron chi connectivity index (χ1n) is 9.47. The van der Waals surface area contributed by atoms with Gasteiger partial charge in [-0.3, -0.25) is 0 Å². The van der Waals surface area contributed by atoms with Crippen LogP contribution in [-0.2, 0) is 15.9 Å². The van der Waals surface area contributed by atoms with Gasteiger partial charge in [0.25, 0.3) is 0 Å². The van der Waals surface area contributed by atoms with E-state index in [1.54, 1.807) is 13.8 Å². The maximum absolute atomic E-state index is 12.6. The summed E-state index contributed by atoms with van der Waals surface area (Å²) in [6.07, 6.45) is 1.40. The molecule has 30 heavy (non-hydrogen) atoms. The molecule has 158 valence electrons. The van der Waals surface area contributed by atoms with Crippen molar-refractivity contribution in [2.75, 3.05) is 13.7 Å². The van der Waals surface area contributed by atoms with Gasteiger partial charge in [-0.25, -0.2) is 19.8 Å². The average molecular weight is 414 g/mol. The normalized spacial score (nSPS) is 14.0. The second-order valence-electron chi connectivity index (χ2n) is 6.50. The number of carbonyl (C=O) groups excluding carboxylic acids is 3. The third-order valence-corrected chi connectivity index (χ3v) is 4.55. The third-order valence-electron chi connectivity index (χ3n) is 4.55. The first-order valence-corrected chi connectivity index (χ1v) is 9.47. The lowest BCUT2D eigenvalue weighted by Crippen LogP contribution is -2.22. The summed E-state index contributed by atoms with van der Waals surface area (Å²) in [7, 11) is 1.29. The van der Waals surface area contributed by atoms with Crippen molar-refractivity contribution in [2.45, 2.75) is 33.1 Å². The van der Waals surface area contributed by atoms with E-state index in [0.717, 1.165) is 6.42 Å². The molecule has 0 atom stereocenters. The number of hydrogen-bond donors (Lipinski definition) is 1. The van der Waals surface area contributed by atoms with Gasteiger partial charge in [-0.1, -0.05) is 0 Å². The Balaban J connectivity index is 1.79. The van der Waals surface area contributed by atoms with Crippen molar-refractivity contribution in [1.82, 2.24) is 5.43 Å². The van der Waals surface area contributed by atoms with Crippen molar-refractivity contribution in [3.05, 3.63) is 52.5 Å². The quantitative estimate of drug-likeness (QED) is 0.453. The number of esters is 2. The van der Waals surface area contributed by atoms with E-state index in [1.165, 1.54) is 31.4 Å². The van der Waals surface area contributed by atoms with Gasteiger partial charge >= 0.3 is 18.0 Å². The lowest BCUT2D eigenvalue weighted by Gasteiger charge is -2.13. The lowest BCUT2D eigenvalue weighted by molar-refractivity contribution is 0.0600. The highest BCUT2D eigenvalue weighted by molar-refractivity contribution is 6.06. The fraction of sp³-hybridized carbons (Fsp3) is 0.333. The van der Waals surface area contributed by atoms with Gasteiger partial charge in [-0.05, 0) is 51.0 Å². The summed E-state index contributed by atoms with van der Waals surface area (Å²) in [5.74, 6) is -0.186. The fourth-order valence-corrected chi connectivity index (χ4v) is 3.18. The van der Waals surface area contributed by atoms with Crippen molar-refractivity contribution in [3.63, 3.8) is 0 Å². The van der Waals surface area contributed by atoms with E-state index in [9.17, 15) is 14.4 Å². The van der Waals surface area contributed by atoms with Gasteiger partial charge < -0.3 is 18.6 Å². The number of nitrogens with zero attached hydrogens (tertiary/aromatic N) is 1. The Hall–Kier alpha value is -3.62. The van der Waals surface area contributed by atoms with Gasteiger partial charge in [0.2, 0.25) is 5.76 Å². The largest absolute Gasteiger partial charge is 0.465 e. The SMILES string of the molecule is CCOC(=O)N/N=C1\CCCc2oc(C(=O)Oc3ccc(C(=O)OC)cc3)c(C)c21. The highest BCUT2D eigenvalue weighted by atomic mass is 16.6. The van der Waals surface area contributed by atoms with Crippen molar-refractivity contribution in [2.24, 2.45) is 5.10 Å². The zero-order chi connectivity index (χ0) is 21.7. The first kappa shape index (κ1) is 21.1. The summed E-state index contributed by atoms with van der Waals surface area (Å²) in [4.78, 5) is 35.7. The van der Waals surface area contributed by atoms with Crippen LogP contribution in [0.2, 0.25) is 0 Å². The summed E-state index contributed by atoms with van der Waals surface area (Å²) in [6.45, 7) is 3.68. The number of aryl methyl sites for hydroxylation is 1. The summed E-state index contributed by atoms with van der Waals surface area (Å²) < 4.78 is 20.6. The maximum atomic E-state index is 12.6. The number of ether oxygens (including phenoxy) is 3. The van der Waals surface area contributed by atoms with E-state index < -0.39 is 18.0 Å². The summed E-state index contributed by atoms with van der Waals surface area (Å²) >= 11 is 0. The zero-order valence-corrected chi connectivity index (χ0v) is 16.9. The smallest absolute Gasteiger partial charge is 0.427 e. The standard InChI is InChI=1S/C21H22N2O7/c1-4-28-21(26)23-22-15-6-5-7-16-17(15)12(2)18(30-16)20(25)29-14-10-8-13(9-11-14)19(24)27-3/h8-11H,4-7H2,1-3H3,(H,23,26)/b22-15+. The zero-order valence-electron chi connectivity index (χ0n) is 16.9. The van der Waals surface area contributed by atoms with E-state index in [0.29, 0.717) is 41.0 Å². The Bertz CT molecular complexity index is 990. The number of benzene rings is 1. The summed E-state index contributed by atoms with van der Waals surface area (Å²) in [6, 6.07) is 6.00. The van der Waals surface area contributed by atoms with Gasteiger partial charge in [-0.15, -0.1) is 0 Å². The van der Waals surface area contributed by atoms with E-state index >= 15 is 0 Å². The molecule has 0 saturated heterocycles. The van der Waals surface area contributed by atoms with Crippen LogP contribution >= 0.6 is 0 Å². The number of rotatable bonds is 5. The van der Waals surface area contributed by atoms with Crippen molar-refractivity contribution in [3.8, 4) is 5.75 Å². The number of amides is 1. The average Bonchev–Trinajstić information content (AvgIpc) is 3.10. The Kier molecular flexibility index (Phi) is 6.51. The van der Waals surface area contributed by atoms with Crippen LogP contribution in [0, 0.1) is 6.92 Å². The van der Waals surface area contributed by atoms with Crippen molar-refractivity contribution >= 4 is 23.7 Å². The molecule has 2 aromatic rings. The number of methoxy groups -OCH3 is 1. The topological polar surface area (TPSA) is 116 Å². The molecule has 9 heteroatoms. The number of fused-ring (bicyclic) bond motifs is 1. The first-order chi connectivity index (χ1) is 14.4. The van der Waals surface area contributed by atoms with E-state index in [1.807, 2.05) is 0 Å². The van der Waals surface area contributed by atoms with Crippen LogP contribution in [0.1, 0.15) is 57.6 Å². The summed E-state index contributed by atoms with van der Waals surface area (Å²) in [5, 5.41) is 4.13. The number of carbonyl (C=O) groups is 3.